The summed E-state index contributed by atoms with van der Waals surface area (Å²) >= 11 is 0. The quantitative estimate of drug-likeness (QED) is 0.776. The van der Waals surface area contributed by atoms with E-state index in [0.717, 1.165) is 19.4 Å². The lowest BCUT2D eigenvalue weighted by Gasteiger charge is -2.41. The number of carboxylic acids is 1. The van der Waals surface area contributed by atoms with E-state index in [9.17, 15) is 4.79 Å². The van der Waals surface area contributed by atoms with Crippen molar-refractivity contribution in [2.24, 2.45) is 5.92 Å². The van der Waals surface area contributed by atoms with Gasteiger partial charge >= 0.3 is 5.97 Å². The summed E-state index contributed by atoms with van der Waals surface area (Å²) < 4.78 is 0. The summed E-state index contributed by atoms with van der Waals surface area (Å²) in [5.41, 5.74) is 0. The molecule has 100 valence electrons. The number of carbonyl (C=O) groups is 1. The Balaban J connectivity index is 2.51. The normalized spacial score (nSPS) is 27.9. The van der Waals surface area contributed by atoms with Crippen molar-refractivity contribution < 1.29 is 9.90 Å². The fraction of sp³-hybridized carbons (Fsp3) is 0.929. The maximum absolute atomic E-state index is 11.0. The second kappa shape index (κ2) is 7.00. The van der Waals surface area contributed by atoms with Crippen LogP contribution in [0.4, 0.5) is 0 Å². The molecule has 17 heavy (non-hydrogen) atoms. The Morgan fingerprint density at radius 3 is 2.65 bits per heavy atom. The van der Waals surface area contributed by atoms with Crippen molar-refractivity contribution >= 4 is 5.97 Å². The number of nitrogens with zero attached hydrogens (tertiary/aromatic N) is 1. The molecular weight excluding hydrogens is 214 g/mol. The van der Waals surface area contributed by atoms with Crippen molar-refractivity contribution in [3.8, 4) is 0 Å². The number of hydrogen-bond donors (Lipinski definition) is 1. The van der Waals surface area contributed by atoms with Crippen LogP contribution in [0.15, 0.2) is 0 Å². The van der Waals surface area contributed by atoms with Gasteiger partial charge in [-0.2, -0.15) is 0 Å². The Hall–Kier alpha value is -0.570. The Kier molecular flexibility index (Phi) is 5.96. The molecule has 1 heterocycles. The van der Waals surface area contributed by atoms with E-state index in [1.165, 1.54) is 25.7 Å². The van der Waals surface area contributed by atoms with E-state index in [2.05, 4.69) is 25.7 Å². The number of rotatable bonds is 6. The molecule has 3 unspecified atom stereocenters. The average molecular weight is 241 g/mol. The van der Waals surface area contributed by atoms with Crippen LogP contribution >= 0.6 is 0 Å². The molecular formula is C14H27NO2. The molecule has 0 amide bonds. The number of carboxylic acid groups (broad SMARTS) is 1. The van der Waals surface area contributed by atoms with Crippen LogP contribution < -0.4 is 0 Å². The van der Waals surface area contributed by atoms with Gasteiger partial charge in [-0.15, -0.1) is 0 Å². The molecule has 0 saturated carbocycles. The number of likely N-dealkylation sites (tertiary alicyclic amines) is 1. The zero-order chi connectivity index (χ0) is 12.8. The molecule has 1 aliphatic heterocycles. The van der Waals surface area contributed by atoms with E-state index in [0.29, 0.717) is 12.1 Å². The molecule has 3 atom stereocenters. The highest BCUT2D eigenvalue weighted by molar-refractivity contribution is 5.70. The van der Waals surface area contributed by atoms with Crippen LogP contribution in [-0.4, -0.2) is 34.6 Å². The van der Waals surface area contributed by atoms with E-state index < -0.39 is 5.97 Å². The first-order chi connectivity index (χ1) is 8.10. The molecule has 0 radical (unpaired) electrons. The Morgan fingerprint density at radius 1 is 1.47 bits per heavy atom. The maximum atomic E-state index is 11.0. The first kappa shape index (κ1) is 14.5. The van der Waals surface area contributed by atoms with Gasteiger partial charge in [-0.25, -0.2) is 0 Å². The van der Waals surface area contributed by atoms with E-state index in [4.69, 9.17) is 5.11 Å². The molecule has 0 spiro atoms. The van der Waals surface area contributed by atoms with Crippen molar-refractivity contribution in [3.63, 3.8) is 0 Å². The van der Waals surface area contributed by atoms with Gasteiger partial charge in [0.25, 0.3) is 0 Å². The molecule has 3 nitrogen and oxygen atoms in total. The van der Waals surface area contributed by atoms with Crippen LogP contribution in [0.2, 0.25) is 0 Å². The summed E-state index contributed by atoms with van der Waals surface area (Å²) in [4.78, 5) is 13.5. The minimum Gasteiger partial charge on any atom is -0.481 e. The summed E-state index contributed by atoms with van der Waals surface area (Å²) in [6.07, 6.45) is 6.61. The van der Waals surface area contributed by atoms with Gasteiger partial charge in [0.1, 0.15) is 0 Å². The predicted octanol–water partition coefficient (Wildman–Crippen LogP) is 3.14. The van der Waals surface area contributed by atoms with Crippen molar-refractivity contribution in [2.45, 2.75) is 71.4 Å². The summed E-state index contributed by atoms with van der Waals surface area (Å²) in [6.45, 7) is 7.62. The molecule has 1 aliphatic rings. The predicted molar refractivity (Wildman–Crippen MR) is 70.1 cm³/mol. The van der Waals surface area contributed by atoms with Crippen molar-refractivity contribution in [2.75, 3.05) is 6.54 Å². The zero-order valence-corrected chi connectivity index (χ0v) is 11.5. The fourth-order valence-corrected chi connectivity index (χ4v) is 3.00. The molecule has 0 aromatic heterocycles. The van der Waals surface area contributed by atoms with Gasteiger partial charge in [0.15, 0.2) is 0 Å². The average Bonchev–Trinajstić information content (AvgIpc) is 2.31. The van der Waals surface area contributed by atoms with E-state index >= 15 is 0 Å². The lowest BCUT2D eigenvalue weighted by Crippen LogP contribution is -2.48. The third-order valence-corrected chi connectivity index (χ3v) is 4.11. The molecule has 1 rings (SSSR count). The van der Waals surface area contributed by atoms with E-state index in [-0.39, 0.29) is 5.92 Å². The number of hydrogen-bond acceptors (Lipinski definition) is 2. The smallest absolute Gasteiger partial charge is 0.306 e. The summed E-state index contributed by atoms with van der Waals surface area (Å²) in [6, 6.07) is 1.08. The minimum absolute atomic E-state index is 0.120. The van der Waals surface area contributed by atoms with Gasteiger partial charge in [-0.1, -0.05) is 26.7 Å². The number of aliphatic carboxylic acids is 1. The van der Waals surface area contributed by atoms with Gasteiger partial charge in [0.2, 0.25) is 0 Å². The second-order valence-electron chi connectivity index (χ2n) is 5.35. The van der Waals surface area contributed by atoms with Crippen LogP contribution in [0.1, 0.15) is 59.3 Å². The summed E-state index contributed by atoms with van der Waals surface area (Å²) in [5.74, 6) is -0.733. The highest BCUT2D eigenvalue weighted by Crippen LogP contribution is 2.27. The van der Waals surface area contributed by atoms with Crippen molar-refractivity contribution in [1.82, 2.24) is 4.90 Å². The summed E-state index contributed by atoms with van der Waals surface area (Å²) in [7, 11) is 0. The third kappa shape index (κ3) is 3.98. The van der Waals surface area contributed by atoms with Gasteiger partial charge < -0.3 is 5.11 Å². The molecule has 0 aromatic carbocycles. The molecule has 0 aliphatic carbocycles. The van der Waals surface area contributed by atoms with Crippen LogP contribution in [0.25, 0.3) is 0 Å². The van der Waals surface area contributed by atoms with Gasteiger partial charge in [0.05, 0.1) is 5.92 Å². The SMILES string of the molecule is CCCCC(CC)N1CCC(C(=O)O)CC1C. The van der Waals surface area contributed by atoms with Gasteiger partial charge in [-0.3, -0.25) is 9.69 Å². The molecule has 3 heteroatoms. The highest BCUT2D eigenvalue weighted by Gasteiger charge is 2.32. The molecule has 1 fully saturated rings. The van der Waals surface area contributed by atoms with Crippen molar-refractivity contribution in [3.05, 3.63) is 0 Å². The fourth-order valence-electron chi connectivity index (χ4n) is 3.00. The lowest BCUT2D eigenvalue weighted by molar-refractivity contribution is -0.144. The first-order valence-electron chi connectivity index (χ1n) is 7.08. The van der Waals surface area contributed by atoms with Crippen LogP contribution in [-0.2, 0) is 4.79 Å². The van der Waals surface area contributed by atoms with Crippen LogP contribution in [0, 0.1) is 5.92 Å². The van der Waals surface area contributed by atoms with Gasteiger partial charge in [-0.05, 0) is 39.2 Å². The Morgan fingerprint density at radius 2 is 2.18 bits per heavy atom. The largest absolute Gasteiger partial charge is 0.481 e. The van der Waals surface area contributed by atoms with Crippen LogP contribution in [0.5, 0.6) is 0 Å². The second-order valence-corrected chi connectivity index (χ2v) is 5.35. The molecule has 0 aromatic rings. The number of unbranched alkanes of at least 4 members (excludes halogenated alkanes) is 1. The van der Waals surface area contributed by atoms with E-state index in [1.54, 1.807) is 0 Å². The molecule has 0 bridgehead atoms. The first-order valence-corrected chi connectivity index (χ1v) is 7.08. The Bertz CT molecular complexity index is 242. The van der Waals surface area contributed by atoms with E-state index in [1.807, 2.05) is 0 Å². The summed E-state index contributed by atoms with van der Waals surface area (Å²) in [5, 5.41) is 9.06. The monoisotopic (exact) mass is 241 g/mol. The van der Waals surface area contributed by atoms with Gasteiger partial charge in [0, 0.05) is 12.1 Å². The minimum atomic E-state index is -0.613. The zero-order valence-electron chi connectivity index (χ0n) is 11.5. The number of piperidine rings is 1. The van der Waals surface area contributed by atoms with Crippen molar-refractivity contribution in [1.29, 1.82) is 0 Å². The third-order valence-electron chi connectivity index (χ3n) is 4.11. The standard InChI is InChI=1S/C14H27NO2/c1-4-6-7-13(5-2)15-9-8-12(14(16)17)10-11(15)3/h11-13H,4-10H2,1-3H3,(H,16,17). The van der Waals surface area contributed by atoms with Crippen LogP contribution in [0.3, 0.4) is 0 Å². The highest BCUT2D eigenvalue weighted by atomic mass is 16.4. The Labute approximate surface area is 105 Å². The lowest BCUT2D eigenvalue weighted by atomic mass is 9.89. The maximum Gasteiger partial charge on any atom is 0.306 e. The molecule has 1 saturated heterocycles. The molecule has 1 N–H and O–H groups in total. The topological polar surface area (TPSA) is 40.5 Å².